The van der Waals surface area contributed by atoms with Crippen molar-refractivity contribution >= 4 is 27.5 Å². The van der Waals surface area contributed by atoms with Gasteiger partial charge >= 0.3 is 0 Å². The predicted molar refractivity (Wildman–Crippen MR) is 83.9 cm³/mol. The molecule has 0 saturated heterocycles. The summed E-state index contributed by atoms with van der Waals surface area (Å²) in [6, 6.07) is 4.26. The molecule has 0 aliphatic rings. The fourth-order valence-electron chi connectivity index (χ4n) is 1.84. The molecule has 2 aromatic rings. The summed E-state index contributed by atoms with van der Waals surface area (Å²) in [4.78, 5) is 16.1. The van der Waals surface area contributed by atoms with Crippen molar-refractivity contribution in [3.8, 4) is 0 Å². The maximum absolute atomic E-state index is 11.7. The molecule has 0 aliphatic carbocycles. The third kappa shape index (κ3) is 4.02. The molecule has 2 N–H and O–H groups in total. The van der Waals surface area contributed by atoms with Crippen LogP contribution in [0.2, 0.25) is 0 Å². The minimum atomic E-state index is 0.0377. The summed E-state index contributed by atoms with van der Waals surface area (Å²) in [6.07, 6.45) is 1.87. The Bertz CT molecular complexity index is 579. The molecule has 108 valence electrons. The molecule has 0 radical (unpaired) electrons. The van der Waals surface area contributed by atoms with Crippen LogP contribution in [0.5, 0.6) is 0 Å². The van der Waals surface area contributed by atoms with Gasteiger partial charge in [0.15, 0.2) is 0 Å². The highest BCUT2D eigenvalue weighted by Gasteiger charge is 2.09. The summed E-state index contributed by atoms with van der Waals surface area (Å²) in [7, 11) is 0. The highest BCUT2D eigenvalue weighted by molar-refractivity contribution is 7.17. The van der Waals surface area contributed by atoms with E-state index in [9.17, 15) is 4.79 Å². The first-order valence-electron chi connectivity index (χ1n) is 6.89. The van der Waals surface area contributed by atoms with Crippen LogP contribution in [0.3, 0.4) is 0 Å². The Balaban J connectivity index is 1.87. The molecule has 0 bridgehead atoms. The lowest BCUT2D eigenvalue weighted by molar-refractivity contribution is -0.120. The molecule has 4 nitrogen and oxygen atoms in total. The number of pyridine rings is 1. The fourth-order valence-corrected chi connectivity index (χ4v) is 2.63. The Kier molecular flexibility index (Phi) is 5.09. The number of aromatic nitrogens is 1. The number of hydrogen-bond donors (Lipinski definition) is 2. The normalized spacial score (nSPS) is 12.8. The lowest BCUT2D eigenvalue weighted by Gasteiger charge is -2.14. The number of nitrogens with zero attached hydrogens (tertiary/aromatic N) is 1. The fraction of sp³-hybridized carbons (Fsp3) is 0.467. The first kappa shape index (κ1) is 14.9. The average molecular weight is 291 g/mol. The number of fused-ring (bicyclic) bond motifs is 1. The van der Waals surface area contributed by atoms with Gasteiger partial charge < -0.3 is 10.6 Å². The molecule has 2 heterocycles. The zero-order valence-corrected chi connectivity index (χ0v) is 13.0. The van der Waals surface area contributed by atoms with E-state index in [1.807, 2.05) is 24.6 Å². The van der Waals surface area contributed by atoms with E-state index in [0.717, 1.165) is 17.6 Å². The number of carbonyl (C=O) groups is 1. The lowest BCUT2D eigenvalue weighted by Crippen LogP contribution is -2.36. The third-order valence-electron chi connectivity index (χ3n) is 3.10. The lowest BCUT2D eigenvalue weighted by atomic mass is 10.1. The summed E-state index contributed by atoms with van der Waals surface area (Å²) in [5, 5.41) is 8.17. The van der Waals surface area contributed by atoms with Gasteiger partial charge in [-0.2, -0.15) is 0 Å². The summed E-state index contributed by atoms with van der Waals surface area (Å²) in [6.45, 7) is 7.26. The topological polar surface area (TPSA) is 54.0 Å². The maximum Gasteiger partial charge on any atom is 0.233 e. The Morgan fingerprint density at radius 3 is 2.95 bits per heavy atom. The van der Waals surface area contributed by atoms with Crippen molar-refractivity contribution in [3.05, 3.63) is 29.3 Å². The second-order valence-electron chi connectivity index (χ2n) is 5.37. The first-order chi connectivity index (χ1) is 9.56. The van der Waals surface area contributed by atoms with Crippen molar-refractivity contribution in [3.63, 3.8) is 0 Å². The van der Waals surface area contributed by atoms with Crippen molar-refractivity contribution in [2.24, 2.45) is 5.92 Å². The van der Waals surface area contributed by atoms with Gasteiger partial charge in [0.1, 0.15) is 0 Å². The van der Waals surface area contributed by atoms with Crippen LogP contribution in [0.15, 0.2) is 23.7 Å². The van der Waals surface area contributed by atoms with Crippen LogP contribution in [0, 0.1) is 5.92 Å². The largest absolute Gasteiger partial charge is 0.355 e. The van der Waals surface area contributed by atoms with Crippen molar-refractivity contribution in [2.45, 2.75) is 26.8 Å². The Morgan fingerprint density at radius 1 is 1.40 bits per heavy atom. The zero-order valence-electron chi connectivity index (χ0n) is 12.1. The van der Waals surface area contributed by atoms with Gasteiger partial charge in [0.05, 0.1) is 16.8 Å². The highest BCUT2D eigenvalue weighted by atomic mass is 32.1. The molecule has 2 aromatic heterocycles. The van der Waals surface area contributed by atoms with Crippen LogP contribution < -0.4 is 10.6 Å². The van der Waals surface area contributed by atoms with Gasteiger partial charge in [-0.3, -0.25) is 9.78 Å². The monoisotopic (exact) mass is 291 g/mol. The molecule has 0 aromatic carbocycles. The minimum absolute atomic E-state index is 0.0377. The summed E-state index contributed by atoms with van der Waals surface area (Å²) in [5.74, 6) is 0.512. The summed E-state index contributed by atoms with van der Waals surface area (Å²) in [5.41, 5.74) is 2.14. The molecular formula is C15H21N3OS. The van der Waals surface area contributed by atoms with Gasteiger partial charge in [0, 0.05) is 18.8 Å². The van der Waals surface area contributed by atoms with Crippen LogP contribution in [0.1, 0.15) is 32.4 Å². The smallest absolute Gasteiger partial charge is 0.233 e. The van der Waals surface area contributed by atoms with E-state index in [-0.39, 0.29) is 11.9 Å². The zero-order chi connectivity index (χ0) is 14.5. The molecule has 20 heavy (non-hydrogen) atoms. The maximum atomic E-state index is 11.7. The Hall–Kier alpha value is -1.46. The first-order valence-corrected chi connectivity index (χ1v) is 7.77. The van der Waals surface area contributed by atoms with Gasteiger partial charge in [-0.25, -0.2) is 0 Å². The molecule has 0 fully saturated rings. The second kappa shape index (κ2) is 6.81. The quantitative estimate of drug-likeness (QED) is 0.860. The van der Waals surface area contributed by atoms with Crippen molar-refractivity contribution in [2.75, 3.05) is 13.1 Å². The molecule has 1 atom stereocenters. The van der Waals surface area contributed by atoms with E-state index in [0.29, 0.717) is 12.5 Å². The molecule has 5 heteroatoms. The van der Waals surface area contributed by atoms with Gasteiger partial charge in [-0.1, -0.05) is 13.8 Å². The Labute approximate surface area is 123 Å². The van der Waals surface area contributed by atoms with E-state index >= 15 is 0 Å². The van der Waals surface area contributed by atoms with E-state index in [4.69, 9.17) is 0 Å². The second-order valence-corrected chi connectivity index (χ2v) is 6.32. The molecule has 2 rings (SSSR count). The number of carbonyl (C=O) groups excluding carboxylic acids is 1. The molecule has 0 spiro atoms. The number of rotatable bonds is 6. The SMILES string of the molecule is CC(C)CNC(=O)CNC(C)c1cnc2ccsc2c1. The molecule has 0 saturated carbocycles. The predicted octanol–water partition coefficient (Wildman–Crippen LogP) is 2.72. The van der Waals surface area contributed by atoms with E-state index in [1.165, 1.54) is 4.70 Å². The van der Waals surface area contributed by atoms with E-state index in [1.54, 1.807) is 11.3 Å². The number of hydrogen-bond acceptors (Lipinski definition) is 4. The molecule has 0 aliphatic heterocycles. The molecule has 1 amide bonds. The van der Waals surface area contributed by atoms with Crippen LogP contribution in [0.4, 0.5) is 0 Å². The van der Waals surface area contributed by atoms with Crippen molar-refractivity contribution < 1.29 is 4.79 Å². The van der Waals surface area contributed by atoms with Gasteiger partial charge in [0.25, 0.3) is 0 Å². The molecule has 1 unspecified atom stereocenters. The number of thiophene rings is 1. The third-order valence-corrected chi connectivity index (χ3v) is 3.95. The van der Waals surface area contributed by atoms with Crippen molar-refractivity contribution in [1.82, 2.24) is 15.6 Å². The minimum Gasteiger partial charge on any atom is -0.355 e. The van der Waals surface area contributed by atoms with Gasteiger partial charge in [0.2, 0.25) is 5.91 Å². The molecular weight excluding hydrogens is 270 g/mol. The summed E-state index contributed by atoms with van der Waals surface area (Å²) < 4.78 is 1.18. The van der Waals surface area contributed by atoms with Crippen molar-refractivity contribution in [1.29, 1.82) is 0 Å². The van der Waals surface area contributed by atoms with Gasteiger partial charge in [-0.05, 0) is 35.9 Å². The standard InChI is InChI=1S/C15H21N3OS/c1-10(2)7-18-15(19)9-16-11(3)12-6-14-13(17-8-12)4-5-20-14/h4-6,8,10-11,16H,7,9H2,1-3H3,(H,18,19). The summed E-state index contributed by atoms with van der Waals surface area (Å²) >= 11 is 1.69. The van der Waals surface area contributed by atoms with Crippen LogP contribution in [-0.4, -0.2) is 24.0 Å². The van der Waals surface area contributed by atoms with Crippen LogP contribution in [-0.2, 0) is 4.79 Å². The number of amides is 1. The van der Waals surface area contributed by atoms with Gasteiger partial charge in [-0.15, -0.1) is 11.3 Å². The number of nitrogens with one attached hydrogen (secondary N) is 2. The highest BCUT2D eigenvalue weighted by Crippen LogP contribution is 2.22. The average Bonchev–Trinajstić information content (AvgIpc) is 2.89. The Morgan fingerprint density at radius 2 is 2.20 bits per heavy atom. The van der Waals surface area contributed by atoms with Crippen LogP contribution in [0.25, 0.3) is 10.2 Å². The van der Waals surface area contributed by atoms with Crippen LogP contribution >= 0.6 is 11.3 Å². The van der Waals surface area contributed by atoms with E-state index in [2.05, 4.69) is 35.5 Å². The van der Waals surface area contributed by atoms with E-state index < -0.39 is 0 Å².